The summed E-state index contributed by atoms with van der Waals surface area (Å²) in [6.45, 7) is 3.73. The Bertz CT molecular complexity index is 500. The van der Waals surface area contributed by atoms with Crippen LogP contribution >= 0.6 is 12.4 Å². The molecule has 2 unspecified atom stereocenters. The number of amides is 1. The van der Waals surface area contributed by atoms with Crippen molar-refractivity contribution in [2.24, 2.45) is 11.8 Å². The van der Waals surface area contributed by atoms with Crippen molar-refractivity contribution in [2.45, 2.75) is 37.6 Å². The van der Waals surface area contributed by atoms with Crippen LogP contribution in [0.3, 0.4) is 0 Å². The molecule has 2 aliphatic heterocycles. The molecule has 6 heteroatoms. The molecular weight excluding hydrogens is 300 g/mol. The lowest BCUT2D eigenvalue weighted by Gasteiger charge is -2.39. The molecule has 1 amide bonds. The third-order valence-electron chi connectivity index (χ3n) is 5.79. The second kappa shape index (κ2) is 6.20. The minimum Gasteiger partial charge on any atom is -0.340 e. The van der Waals surface area contributed by atoms with E-state index in [4.69, 9.17) is 0 Å². The van der Waals surface area contributed by atoms with E-state index in [-0.39, 0.29) is 12.4 Å². The lowest BCUT2D eigenvalue weighted by Crippen LogP contribution is -2.55. The minimum atomic E-state index is -0.451. The Morgan fingerprint density at radius 2 is 1.86 bits per heavy atom. The van der Waals surface area contributed by atoms with E-state index in [1.807, 2.05) is 16.9 Å². The number of likely N-dealkylation sites (tertiary alicyclic amines) is 1. The van der Waals surface area contributed by atoms with Gasteiger partial charge in [0.05, 0.1) is 0 Å². The number of halogens is 1. The molecule has 1 saturated carbocycles. The van der Waals surface area contributed by atoms with Crippen LogP contribution in [-0.2, 0) is 10.3 Å². The van der Waals surface area contributed by atoms with Crippen LogP contribution < -0.4 is 5.32 Å². The molecule has 3 fully saturated rings. The molecule has 1 aromatic heterocycles. The zero-order chi connectivity index (χ0) is 14.3. The fourth-order valence-corrected chi connectivity index (χ4v) is 4.60. The SMILES string of the molecule is Cl.O=C(N1CC2CCCC2C1)C1(n2cccn2)CCNCC1. The van der Waals surface area contributed by atoms with E-state index < -0.39 is 5.54 Å². The third kappa shape index (κ3) is 2.44. The van der Waals surface area contributed by atoms with Crippen molar-refractivity contribution in [3.63, 3.8) is 0 Å². The number of hydrogen-bond donors (Lipinski definition) is 1. The molecule has 0 radical (unpaired) electrons. The molecular formula is C16H25ClN4O. The van der Waals surface area contributed by atoms with Crippen LogP contribution in [0, 0.1) is 11.8 Å². The number of carbonyl (C=O) groups excluding carboxylic acids is 1. The fraction of sp³-hybridized carbons (Fsp3) is 0.750. The smallest absolute Gasteiger partial charge is 0.250 e. The van der Waals surface area contributed by atoms with Crippen molar-refractivity contribution in [2.75, 3.05) is 26.2 Å². The standard InChI is InChI=1S/C16H24N4O.ClH/c21-15(19-11-13-3-1-4-14(13)12-19)16(5-8-17-9-6-16)20-10-2-7-18-20;/h2,7,10,13-14,17H,1,3-6,8-9,11-12H2;1H. The second-order valence-corrected chi connectivity index (χ2v) is 6.89. The number of aromatic nitrogens is 2. The van der Waals surface area contributed by atoms with Crippen molar-refractivity contribution in [1.29, 1.82) is 0 Å². The highest BCUT2D eigenvalue weighted by Gasteiger charge is 2.48. The first kappa shape index (κ1) is 15.8. The van der Waals surface area contributed by atoms with E-state index in [1.165, 1.54) is 19.3 Å². The Hall–Kier alpha value is -1.07. The van der Waals surface area contributed by atoms with Crippen LogP contribution in [0.5, 0.6) is 0 Å². The third-order valence-corrected chi connectivity index (χ3v) is 5.79. The van der Waals surface area contributed by atoms with Gasteiger partial charge in [-0.3, -0.25) is 9.48 Å². The first-order chi connectivity index (χ1) is 10.3. The number of piperidine rings is 1. The van der Waals surface area contributed by atoms with Crippen LogP contribution in [0.2, 0.25) is 0 Å². The van der Waals surface area contributed by atoms with Gasteiger partial charge in [-0.1, -0.05) is 6.42 Å². The summed E-state index contributed by atoms with van der Waals surface area (Å²) in [4.78, 5) is 15.4. The molecule has 122 valence electrons. The normalized spacial score (nSPS) is 29.9. The van der Waals surface area contributed by atoms with Gasteiger partial charge in [-0.2, -0.15) is 5.10 Å². The molecule has 4 rings (SSSR count). The van der Waals surface area contributed by atoms with Gasteiger partial charge < -0.3 is 10.2 Å². The van der Waals surface area contributed by atoms with Gasteiger partial charge in [0.1, 0.15) is 5.54 Å². The number of rotatable bonds is 2. The maximum atomic E-state index is 13.3. The van der Waals surface area contributed by atoms with Gasteiger partial charge in [-0.25, -0.2) is 0 Å². The van der Waals surface area contributed by atoms with Crippen LogP contribution in [0.4, 0.5) is 0 Å². The van der Waals surface area contributed by atoms with E-state index in [0.717, 1.165) is 50.9 Å². The maximum absolute atomic E-state index is 13.3. The van der Waals surface area contributed by atoms with E-state index in [0.29, 0.717) is 5.91 Å². The monoisotopic (exact) mass is 324 g/mol. The molecule has 1 aromatic rings. The summed E-state index contributed by atoms with van der Waals surface area (Å²) in [7, 11) is 0. The summed E-state index contributed by atoms with van der Waals surface area (Å²) < 4.78 is 1.92. The summed E-state index contributed by atoms with van der Waals surface area (Å²) >= 11 is 0. The molecule has 1 aliphatic carbocycles. The van der Waals surface area contributed by atoms with Crippen LogP contribution in [0.15, 0.2) is 18.5 Å². The molecule has 2 atom stereocenters. The number of nitrogens with one attached hydrogen (secondary N) is 1. The highest BCUT2D eigenvalue weighted by atomic mass is 35.5. The zero-order valence-corrected chi connectivity index (χ0v) is 13.7. The Morgan fingerprint density at radius 3 is 2.45 bits per heavy atom. The first-order valence-corrected chi connectivity index (χ1v) is 8.30. The molecule has 2 saturated heterocycles. The number of carbonyl (C=O) groups is 1. The summed E-state index contributed by atoms with van der Waals surface area (Å²) in [5.41, 5.74) is -0.451. The van der Waals surface area contributed by atoms with Gasteiger partial charge in [0.25, 0.3) is 5.91 Å². The van der Waals surface area contributed by atoms with Gasteiger partial charge in [0.15, 0.2) is 0 Å². The maximum Gasteiger partial charge on any atom is 0.250 e. The van der Waals surface area contributed by atoms with Crippen LogP contribution in [0.25, 0.3) is 0 Å². The summed E-state index contributed by atoms with van der Waals surface area (Å²) in [5, 5.41) is 7.79. The summed E-state index contributed by atoms with van der Waals surface area (Å²) in [5.74, 6) is 1.82. The molecule has 0 bridgehead atoms. The van der Waals surface area contributed by atoms with Crippen molar-refractivity contribution < 1.29 is 4.79 Å². The van der Waals surface area contributed by atoms with Crippen LogP contribution in [0.1, 0.15) is 32.1 Å². The fourth-order valence-electron chi connectivity index (χ4n) is 4.60. The van der Waals surface area contributed by atoms with Crippen molar-refractivity contribution in [3.8, 4) is 0 Å². The highest BCUT2D eigenvalue weighted by Crippen LogP contribution is 2.40. The Balaban J connectivity index is 0.00000144. The number of nitrogens with zero attached hydrogens (tertiary/aromatic N) is 3. The quantitative estimate of drug-likeness (QED) is 0.900. The molecule has 0 aromatic carbocycles. The van der Waals surface area contributed by atoms with Crippen LogP contribution in [-0.4, -0.2) is 46.8 Å². The average Bonchev–Trinajstić information content (AvgIpc) is 3.23. The molecule has 1 N–H and O–H groups in total. The van der Waals surface area contributed by atoms with Gasteiger partial charge in [-0.05, 0) is 56.7 Å². The molecule has 22 heavy (non-hydrogen) atoms. The van der Waals surface area contributed by atoms with Crippen molar-refractivity contribution >= 4 is 18.3 Å². The lowest BCUT2D eigenvalue weighted by atomic mass is 9.86. The zero-order valence-electron chi connectivity index (χ0n) is 12.9. The molecule has 3 aliphatic rings. The summed E-state index contributed by atoms with van der Waals surface area (Å²) in [6, 6.07) is 1.93. The summed E-state index contributed by atoms with van der Waals surface area (Å²) in [6.07, 6.45) is 9.41. The average molecular weight is 325 g/mol. The Morgan fingerprint density at radius 1 is 1.18 bits per heavy atom. The van der Waals surface area contributed by atoms with Crippen molar-refractivity contribution in [3.05, 3.63) is 18.5 Å². The van der Waals surface area contributed by atoms with Gasteiger partial charge in [-0.15, -0.1) is 12.4 Å². The van der Waals surface area contributed by atoms with Crippen molar-refractivity contribution in [1.82, 2.24) is 20.0 Å². The number of hydrogen-bond acceptors (Lipinski definition) is 3. The molecule has 0 spiro atoms. The highest BCUT2D eigenvalue weighted by molar-refractivity contribution is 5.85. The Labute approximate surface area is 137 Å². The Kier molecular flexibility index (Phi) is 4.46. The van der Waals surface area contributed by atoms with E-state index >= 15 is 0 Å². The molecule has 3 heterocycles. The van der Waals surface area contributed by atoms with E-state index in [1.54, 1.807) is 6.20 Å². The second-order valence-electron chi connectivity index (χ2n) is 6.89. The van der Waals surface area contributed by atoms with Gasteiger partial charge in [0.2, 0.25) is 0 Å². The predicted molar refractivity (Wildman–Crippen MR) is 87.0 cm³/mol. The first-order valence-electron chi connectivity index (χ1n) is 8.30. The van der Waals surface area contributed by atoms with Gasteiger partial charge in [0, 0.05) is 25.5 Å². The van der Waals surface area contributed by atoms with E-state index in [9.17, 15) is 4.79 Å². The minimum absolute atomic E-state index is 0. The van der Waals surface area contributed by atoms with Gasteiger partial charge >= 0.3 is 0 Å². The van der Waals surface area contributed by atoms with E-state index in [2.05, 4.69) is 15.3 Å². The lowest BCUT2D eigenvalue weighted by molar-refractivity contribution is -0.142. The predicted octanol–water partition coefficient (Wildman–Crippen LogP) is 1.64. The molecule has 5 nitrogen and oxygen atoms in total. The number of fused-ring (bicyclic) bond motifs is 1. The topological polar surface area (TPSA) is 50.2 Å². The largest absolute Gasteiger partial charge is 0.340 e.